The van der Waals surface area contributed by atoms with E-state index in [9.17, 15) is 14.7 Å². The Kier molecular flexibility index (Phi) is 5.51. The van der Waals surface area contributed by atoms with Crippen LogP contribution in [0.3, 0.4) is 0 Å². The van der Waals surface area contributed by atoms with E-state index in [4.69, 9.17) is 0 Å². The van der Waals surface area contributed by atoms with Crippen LogP contribution in [0.4, 0.5) is 0 Å². The maximum atomic E-state index is 13.5. The van der Waals surface area contributed by atoms with Gasteiger partial charge in [0.2, 0.25) is 5.91 Å². The molecule has 1 aliphatic carbocycles. The van der Waals surface area contributed by atoms with Crippen molar-refractivity contribution in [1.82, 2.24) is 14.8 Å². The molecule has 3 heterocycles. The van der Waals surface area contributed by atoms with Crippen molar-refractivity contribution < 1.29 is 9.90 Å². The number of pyridine rings is 1. The molecule has 6 heteroatoms. The average molecular weight is 434 g/mol. The zero-order valence-electron chi connectivity index (χ0n) is 18.7. The Bertz CT molecular complexity index is 1100. The van der Waals surface area contributed by atoms with Gasteiger partial charge in [0.25, 0.3) is 5.56 Å². The Hall–Kier alpha value is -2.70. The maximum Gasteiger partial charge on any atom is 0.258 e. The van der Waals surface area contributed by atoms with E-state index < -0.39 is 0 Å². The summed E-state index contributed by atoms with van der Waals surface area (Å²) in [7, 11) is 0. The van der Waals surface area contributed by atoms with Crippen LogP contribution in [0.1, 0.15) is 42.3 Å². The smallest absolute Gasteiger partial charge is 0.258 e. The van der Waals surface area contributed by atoms with Crippen LogP contribution in [0, 0.1) is 11.8 Å². The number of hydrogen-bond acceptors (Lipinski definition) is 4. The molecular formula is C26H31N3O3. The summed E-state index contributed by atoms with van der Waals surface area (Å²) in [5, 5.41) is 13.6. The Morgan fingerprint density at radius 2 is 1.91 bits per heavy atom. The van der Waals surface area contributed by atoms with E-state index in [0.29, 0.717) is 18.7 Å². The Balaban J connectivity index is 1.41. The highest BCUT2D eigenvalue weighted by Crippen LogP contribution is 2.49. The highest BCUT2D eigenvalue weighted by molar-refractivity contribution is 5.83. The molecule has 6 nitrogen and oxygen atoms in total. The molecule has 4 atom stereocenters. The first-order chi connectivity index (χ1) is 15.6. The van der Waals surface area contributed by atoms with E-state index in [1.807, 2.05) is 47.9 Å². The third-order valence-electron chi connectivity index (χ3n) is 7.60. The molecule has 2 aromatic rings. The molecule has 0 radical (unpaired) electrons. The molecule has 1 aromatic carbocycles. The van der Waals surface area contributed by atoms with E-state index >= 15 is 0 Å². The first-order valence-corrected chi connectivity index (χ1v) is 11.7. The molecule has 32 heavy (non-hydrogen) atoms. The summed E-state index contributed by atoms with van der Waals surface area (Å²) in [4.78, 5) is 28.7. The molecule has 2 aliphatic heterocycles. The van der Waals surface area contributed by atoms with Crippen LogP contribution in [0.5, 0.6) is 0 Å². The number of nitrogens with one attached hydrogen (secondary N) is 1. The number of rotatable bonds is 5. The van der Waals surface area contributed by atoms with Crippen molar-refractivity contribution in [2.75, 3.05) is 13.2 Å². The molecule has 0 saturated carbocycles. The molecule has 3 aliphatic rings. The second-order valence-electron chi connectivity index (χ2n) is 9.24. The zero-order valence-corrected chi connectivity index (χ0v) is 18.7. The molecule has 5 rings (SSSR count). The van der Waals surface area contributed by atoms with Gasteiger partial charge in [0.15, 0.2) is 0 Å². The molecule has 0 spiro atoms. The summed E-state index contributed by atoms with van der Waals surface area (Å²) in [5.41, 5.74) is 4.24. The quantitative estimate of drug-likeness (QED) is 0.758. The molecule has 1 saturated heterocycles. The predicted molar refractivity (Wildman–Crippen MR) is 124 cm³/mol. The lowest BCUT2D eigenvalue weighted by Crippen LogP contribution is -2.51. The van der Waals surface area contributed by atoms with Gasteiger partial charge in [-0.25, -0.2) is 0 Å². The maximum absolute atomic E-state index is 13.5. The van der Waals surface area contributed by atoms with Crippen LogP contribution < -0.4 is 10.9 Å². The van der Waals surface area contributed by atoms with Crippen molar-refractivity contribution in [1.29, 1.82) is 0 Å². The standard InChI is InChI=1S/C26H31N3O3/c1-3-7-16-10-11-22-23-20(14-29(22)26(16)32)21(15-30)24(28(23)4-2)25(31)27-19-12-17-8-5-6-9-18(17)13-19/h3,5-11,19-21,23-24,30H,4,12-15H2,1-2H3,(H,27,31)/b7-3-/t20-,21-,23+,24-/m0/s1. The molecule has 2 N–H and O–H groups in total. The van der Waals surface area contributed by atoms with Gasteiger partial charge >= 0.3 is 0 Å². The predicted octanol–water partition coefficient (Wildman–Crippen LogP) is 2.15. The number of aromatic nitrogens is 1. The molecule has 0 unspecified atom stereocenters. The normalized spacial score (nSPS) is 27.0. The van der Waals surface area contributed by atoms with Crippen molar-refractivity contribution >= 4 is 12.0 Å². The lowest BCUT2D eigenvalue weighted by atomic mass is 9.88. The molecular weight excluding hydrogens is 402 g/mol. The van der Waals surface area contributed by atoms with E-state index in [-0.39, 0.29) is 48.0 Å². The van der Waals surface area contributed by atoms with Crippen LogP contribution in [0.2, 0.25) is 0 Å². The van der Waals surface area contributed by atoms with Gasteiger partial charge in [0.05, 0.1) is 12.1 Å². The second kappa shape index (κ2) is 8.34. The number of likely N-dealkylation sites (tertiary alicyclic amines) is 1. The van der Waals surface area contributed by atoms with Gasteiger partial charge in [0.1, 0.15) is 0 Å². The zero-order chi connectivity index (χ0) is 22.4. The summed E-state index contributed by atoms with van der Waals surface area (Å²) in [6.45, 7) is 5.12. The van der Waals surface area contributed by atoms with E-state index in [2.05, 4.69) is 29.3 Å². The minimum Gasteiger partial charge on any atom is -0.396 e. The van der Waals surface area contributed by atoms with Crippen molar-refractivity contribution in [2.24, 2.45) is 11.8 Å². The summed E-state index contributed by atoms with van der Waals surface area (Å²) in [6, 6.07) is 11.9. The fraction of sp³-hybridized carbons (Fsp3) is 0.462. The van der Waals surface area contributed by atoms with Crippen LogP contribution in [-0.2, 0) is 24.2 Å². The van der Waals surface area contributed by atoms with Gasteiger partial charge in [0, 0.05) is 42.3 Å². The first-order valence-electron chi connectivity index (χ1n) is 11.7. The third kappa shape index (κ3) is 3.24. The second-order valence-corrected chi connectivity index (χ2v) is 9.24. The Morgan fingerprint density at radius 1 is 1.19 bits per heavy atom. The first kappa shape index (κ1) is 21.2. The number of carbonyl (C=O) groups excluding carboxylic acids is 1. The lowest BCUT2D eigenvalue weighted by Gasteiger charge is -2.30. The van der Waals surface area contributed by atoms with Gasteiger partial charge in [-0.1, -0.05) is 43.3 Å². The lowest BCUT2D eigenvalue weighted by molar-refractivity contribution is -0.128. The number of hydrogen-bond donors (Lipinski definition) is 2. The minimum absolute atomic E-state index is 0.00228. The monoisotopic (exact) mass is 433 g/mol. The van der Waals surface area contributed by atoms with Crippen molar-refractivity contribution in [3.8, 4) is 0 Å². The summed E-state index contributed by atoms with van der Waals surface area (Å²) < 4.78 is 1.84. The number of allylic oxidation sites excluding steroid dienone is 1. The number of nitrogens with zero attached hydrogens (tertiary/aromatic N) is 2. The van der Waals surface area contributed by atoms with E-state index in [0.717, 1.165) is 18.5 Å². The van der Waals surface area contributed by atoms with E-state index in [1.165, 1.54) is 11.1 Å². The van der Waals surface area contributed by atoms with Crippen molar-refractivity contribution in [3.63, 3.8) is 0 Å². The topological polar surface area (TPSA) is 74.6 Å². The van der Waals surface area contributed by atoms with Crippen LogP contribution in [0.15, 0.2) is 47.3 Å². The number of benzene rings is 1. The Labute approximate surface area is 188 Å². The van der Waals surface area contributed by atoms with Crippen LogP contribution in [-0.4, -0.2) is 45.7 Å². The molecule has 0 bridgehead atoms. The number of fused-ring (bicyclic) bond motifs is 4. The average Bonchev–Trinajstić information content (AvgIpc) is 3.45. The summed E-state index contributed by atoms with van der Waals surface area (Å²) in [5.74, 6) is -0.157. The number of amides is 1. The van der Waals surface area contributed by atoms with Crippen molar-refractivity contribution in [3.05, 3.63) is 75.2 Å². The number of carbonyl (C=O) groups is 1. The van der Waals surface area contributed by atoms with Gasteiger partial charge in [-0.2, -0.15) is 0 Å². The van der Waals surface area contributed by atoms with Crippen LogP contribution in [0.25, 0.3) is 6.08 Å². The van der Waals surface area contributed by atoms with E-state index in [1.54, 1.807) is 0 Å². The highest BCUT2D eigenvalue weighted by atomic mass is 16.3. The van der Waals surface area contributed by atoms with Gasteiger partial charge in [-0.3, -0.25) is 14.5 Å². The molecule has 1 amide bonds. The largest absolute Gasteiger partial charge is 0.396 e. The Morgan fingerprint density at radius 3 is 2.53 bits per heavy atom. The SMILES string of the molecule is C/C=C\c1ccc2n(c1=O)C[C@H]1[C@H](CO)[C@@H](C(=O)NC3Cc4ccccc4C3)N(CC)[C@@H]21. The summed E-state index contributed by atoms with van der Waals surface area (Å²) >= 11 is 0. The van der Waals surface area contributed by atoms with Gasteiger partial charge in [-0.05, 0) is 49.6 Å². The van der Waals surface area contributed by atoms with Crippen LogP contribution >= 0.6 is 0 Å². The van der Waals surface area contributed by atoms with Gasteiger partial charge in [-0.15, -0.1) is 0 Å². The fourth-order valence-corrected chi connectivity index (χ4v) is 6.25. The fourth-order valence-electron chi connectivity index (χ4n) is 6.25. The number of aliphatic hydroxyl groups is 1. The molecule has 1 fully saturated rings. The highest BCUT2D eigenvalue weighted by Gasteiger charge is 2.55. The third-order valence-corrected chi connectivity index (χ3v) is 7.60. The molecule has 1 aromatic heterocycles. The minimum atomic E-state index is -0.386. The molecule has 168 valence electrons. The number of likely N-dealkylation sites (N-methyl/N-ethyl adjacent to an activating group) is 1. The summed E-state index contributed by atoms with van der Waals surface area (Å²) in [6.07, 6.45) is 5.41. The number of aliphatic hydroxyl groups excluding tert-OH is 1. The van der Waals surface area contributed by atoms with Crippen molar-refractivity contribution in [2.45, 2.75) is 51.4 Å². The van der Waals surface area contributed by atoms with Gasteiger partial charge < -0.3 is 15.0 Å².